The minimum Gasteiger partial charge on any atom is -0.299 e. The van der Waals surface area contributed by atoms with E-state index in [0.717, 1.165) is 41.4 Å². The predicted molar refractivity (Wildman–Crippen MR) is 103 cm³/mol. The van der Waals surface area contributed by atoms with Gasteiger partial charge >= 0.3 is 11.4 Å². The lowest BCUT2D eigenvalue weighted by Gasteiger charge is -2.32. The van der Waals surface area contributed by atoms with Crippen LogP contribution in [-0.4, -0.2) is 20.1 Å². The number of rotatable bonds is 2. The molecule has 0 aliphatic heterocycles. The first kappa shape index (κ1) is 17.8. The van der Waals surface area contributed by atoms with E-state index in [4.69, 9.17) is 0 Å². The van der Waals surface area contributed by atoms with Crippen molar-refractivity contribution in [3.8, 4) is 0 Å². The second kappa shape index (κ2) is 7.18. The van der Waals surface area contributed by atoms with Crippen LogP contribution in [0.2, 0.25) is 0 Å². The van der Waals surface area contributed by atoms with Crippen LogP contribution >= 0.6 is 0 Å². The van der Waals surface area contributed by atoms with Gasteiger partial charge in [-0.2, -0.15) is 0 Å². The minimum absolute atomic E-state index is 0.00445. The molecule has 2 aliphatic carbocycles. The fourth-order valence-corrected chi connectivity index (χ4v) is 4.50. The van der Waals surface area contributed by atoms with Crippen LogP contribution in [0.3, 0.4) is 0 Å². The van der Waals surface area contributed by atoms with E-state index in [9.17, 15) is 14.4 Å². The van der Waals surface area contributed by atoms with Crippen LogP contribution in [0, 0.1) is 5.92 Å². The number of hydrogen-bond acceptors (Lipinski definition) is 3. The van der Waals surface area contributed by atoms with Gasteiger partial charge in [-0.05, 0) is 24.0 Å². The third kappa shape index (κ3) is 3.13. The van der Waals surface area contributed by atoms with Gasteiger partial charge in [0.15, 0.2) is 0 Å². The van der Waals surface area contributed by atoms with E-state index < -0.39 is 5.69 Å². The normalized spacial score (nSPS) is 25.7. The molecule has 142 valence electrons. The van der Waals surface area contributed by atoms with Crippen LogP contribution < -0.4 is 11.4 Å². The first-order chi connectivity index (χ1) is 13.1. The standard InChI is InChI=1S/C21H25N3O3/c1-23-20(26)22-24(21(23)27)18-13-12-15(14-8-6-7-9-16(14)18)17-10-4-2-3-5-11-19(17)25/h6-9,12-13,15,17-18H,2-5,10-11H2,1H3,(H,22,26)/t15-,17-,18+/m0/s1. The van der Waals surface area contributed by atoms with Gasteiger partial charge < -0.3 is 0 Å². The lowest BCUT2D eigenvalue weighted by molar-refractivity contribution is -0.123. The highest BCUT2D eigenvalue weighted by Crippen LogP contribution is 2.41. The second-order valence-corrected chi connectivity index (χ2v) is 7.64. The first-order valence-electron chi connectivity index (χ1n) is 9.75. The van der Waals surface area contributed by atoms with Gasteiger partial charge in [-0.1, -0.05) is 55.7 Å². The molecule has 1 heterocycles. The van der Waals surface area contributed by atoms with Crippen molar-refractivity contribution in [2.45, 2.75) is 50.5 Å². The van der Waals surface area contributed by atoms with Gasteiger partial charge in [0.2, 0.25) is 0 Å². The number of nitrogens with zero attached hydrogens (tertiary/aromatic N) is 2. The molecule has 1 fully saturated rings. The van der Waals surface area contributed by atoms with Gasteiger partial charge in [0.25, 0.3) is 0 Å². The highest BCUT2D eigenvalue weighted by Gasteiger charge is 2.33. The van der Waals surface area contributed by atoms with Crippen LogP contribution in [0.25, 0.3) is 0 Å². The molecule has 0 spiro atoms. The average Bonchev–Trinajstić information content (AvgIpc) is 2.92. The van der Waals surface area contributed by atoms with Crippen molar-refractivity contribution in [1.82, 2.24) is 14.3 Å². The van der Waals surface area contributed by atoms with E-state index in [1.165, 1.54) is 18.2 Å². The second-order valence-electron chi connectivity index (χ2n) is 7.64. The maximum absolute atomic E-state index is 12.8. The molecule has 1 aromatic heterocycles. The van der Waals surface area contributed by atoms with Crippen LogP contribution in [0.4, 0.5) is 0 Å². The van der Waals surface area contributed by atoms with Crippen LogP contribution in [0.5, 0.6) is 0 Å². The third-order valence-corrected chi connectivity index (χ3v) is 6.00. The van der Waals surface area contributed by atoms with Crippen molar-refractivity contribution in [3.05, 3.63) is 68.5 Å². The number of hydrogen-bond donors (Lipinski definition) is 1. The molecule has 1 aromatic carbocycles. The average molecular weight is 367 g/mol. The van der Waals surface area contributed by atoms with Gasteiger partial charge in [-0.15, -0.1) is 0 Å². The minimum atomic E-state index is -0.428. The molecule has 4 rings (SSSR count). The number of benzene rings is 1. The summed E-state index contributed by atoms with van der Waals surface area (Å²) in [5, 5.41) is 2.64. The Morgan fingerprint density at radius 1 is 0.963 bits per heavy atom. The van der Waals surface area contributed by atoms with E-state index >= 15 is 0 Å². The monoisotopic (exact) mass is 367 g/mol. The topological polar surface area (TPSA) is 76.9 Å². The van der Waals surface area contributed by atoms with Gasteiger partial charge in [0, 0.05) is 25.3 Å². The molecule has 0 amide bonds. The van der Waals surface area contributed by atoms with Gasteiger partial charge in [0.05, 0.1) is 6.04 Å². The summed E-state index contributed by atoms with van der Waals surface area (Å²) in [5.74, 6) is 0.382. The maximum atomic E-state index is 12.8. The lowest BCUT2D eigenvalue weighted by atomic mass is 9.73. The summed E-state index contributed by atoms with van der Waals surface area (Å²) < 4.78 is 2.44. The highest BCUT2D eigenvalue weighted by atomic mass is 16.2. The number of H-pyrrole nitrogens is 1. The van der Waals surface area contributed by atoms with Crippen LogP contribution in [0.15, 0.2) is 46.0 Å². The Morgan fingerprint density at radius 3 is 2.44 bits per heavy atom. The molecule has 0 bridgehead atoms. The zero-order valence-corrected chi connectivity index (χ0v) is 15.6. The molecule has 1 saturated carbocycles. The van der Waals surface area contributed by atoms with Crippen LogP contribution in [-0.2, 0) is 11.8 Å². The van der Waals surface area contributed by atoms with Gasteiger partial charge in [0.1, 0.15) is 5.78 Å². The fraction of sp³-hybridized carbons (Fsp3) is 0.476. The SMILES string of the molecule is Cn1c(=O)[nH]n([C@@H]2C=C[C@H]([C@@H]3CCCCCCC3=O)c3ccccc32)c1=O. The molecule has 0 unspecified atom stereocenters. The summed E-state index contributed by atoms with van der Waals surface area (Å²) in [7, 11) is 1.46. The number of Topliss-reactive ketones (excluding diaryl/α,β-unsaturated/α-hetero) is 1. The molecule has 2 aromatic rings. The summed E-state index contributed by atoms with van der Waals surface area (Å²) in [6, 6.07) is 7.60. The Labute approximate surface area is 157 Å². The molecule has 27 heavy (non-hydrogen) atoms. The van der Waals surface area contributed by atoms with Gasteiger partial charge in [-0.3, -0.25) is 4.79 Å². The number of fused-ring (bicyclic) bond motifs is 1. The van der Waals surface area contributed by atoms with E-state index in [0.29, 0.717) is 12.2 Å². The fourth-order valence-electron chi connectivity index (χ4n) is 4.50. The molecular weight excluding hydrogens is 342 g/mol. The molecule has 3 atom stereocenters. The highest BCUT2D eigenvalue weighted by molar-refractivity contribution is 5.82. The van der Waals surface area contributed by atoms with Crippen molar-refractivity contribution < 1.29 is 4.79 Å². The molecule has 6 heteroatoms. The number of allylic oxidation sites excluding steroid dienone is 2. The lowest BCUT2D eigenvalue weighted by Crippen LogP contribution is -2.31. The summed E-state index contributed by atoms with van der Waals surface area (Å²) in [6.45, 7) is 0. The molecule has 6 nitrogen and oxygen atoms in total. The van der Waals surface area contributed by atoms with E-state index in [1.54, 1.807) is 0 Å². The largest absolute Gasteiger partial charge is 0.347 e. The number of ketones is 1. The van der Waals surface area contributed by atoms with Crippen molar-refractivity contribution in [3.63, 3.8) is 0 Å². The van der Waals surface area contributed by atoms with Crippen molar-refractivity contribution in [1.29, 1.82) is 0 Å². The van der Waals surface area contributed by atoms with E-state index in [2.05, 4.69) is 17.2 Å². The summed E-state index contributed by atoms with van der Waals surface area (Å²) in [6.07, 6.45) is 9.98. The molecule has 0 saturated heterocycles. The molecular formula is C21H25N3O3. The third-order valence-electron chi connectivity index (χ3n) is 6.00. The zero-order chi connectivity index (χ0) is 19.0. The summed E-state index contributed by atoms with van der Waals surface area (Å²) >= 11 is 0. The number of aromatic amines is 1. The first-order valence-corrected chi connectivity index (χ1v) is 9.75. The quantitative estimate of drug-likeness (QED) is 0.829. The van der Waals surface area contributed by atoms with Crippen LogP contribution in [0.1, 0.15) is 61.6 Å². The summed E-state index contributed by atoms with van der Waals surface area (Å²) in [4.78, 5) is 37.1. The Hall–Kier alpha value is -2.63. The predicted octanol–water partition coefficient (Wildman–Crippen LogP) is 2.66. The molecule has 0 radical (unpaired) electrons. The van der Waals surface area contributed by atoms with E-state index in [1.807, 2.05) is 24.3 Å². The Bertz CT molecular complexity index is 995. The number of carbonyl (C=O) groups is 1. The van der Waals surface area contributed by atoms with Crippen molar-refractivity contribution in [2.24, 2.45) is 13.0 Å². The number of nitrogens with one attached hydrogen (secondary N) is 1. The summed E-state index contributed by atoms with van der Waals surface area (Å²) in [5.41, 5.74) is 1.26. The molecule has 1 N–H and O–H groups in total. The molecule has 2 aliphatic rings. The smallest absolute Gasteiger partial charge is 0.299 e. The Kier molecular flexibility index (Phi) is 4.72. The van der Waals surface area contributed by atoms with Crippen molar-refractivity contribution in [2.75, 3.05) is 0 Å². The number of aromatic nitrogens is 3. The zero-order valence-electron chi connectivity index (χ0n) is 15.6. The van der Waals surface area contributed by atoms with Crippen molar-refractivity contribution >= 4 is 5.78 Å². The van der Waals surface area contributed by atoms with E-state index in [-0.39, 0.29) is 23.6 Å². The number of carbonyl (C=O) groups excluding carboxylic acids is 1. The van der Waals surface area contributed by atoms with Gasteiger partial charge in [-0.25, -0.2) is 23.9 Å². The Morgan fingerprint density at radius 2 is 1.70 bits per heavy atom. The maximum Gasteiger partial charge on any atom is 0.347 e. The Balaban J connectivity index is 1.76.